The van der Waals surface area contributed by atoms with Gasteiger partial charge in [-0.05, 0) is 31.2 Å². The van der Waals surface area contributed by atoms with Gasteiger partial charge in [0.1, 0.15) is 12.0 Å². The van der Waals surface area contributed by atoms with Crippen molar-refractivity contribution in [3.8, 4) is 17.2 Å². The molecule has 0 radical (unpaired) electrons. The van der Waals surface area contributed by atoms with E-state index in [9.17, 15) is 18.0 Å². The van der Waals surface area contributed by atoms with Crippen molar-refractivity contribution in [3.05, 3.63) is 71.6 Å². The molecule has 0 aliphatic heterocycles. The molecule has 0 atom stereocenters. The molecule has 8 heteroatoms. The first-order chi connectivity index (χ1) is 13.8. The van der Waals surface area contributed by atoms with E-state index in [-0.39, 0.29) is 12.3 Å². The fraction of sp³-hybridized carbons (Fsp3) is 0.238. The molecule has 1 amide bonds. The number of hydrogen-bond acceptors (Lipinski definition) is 4. The molecule has 1 N–H and O–H groups in total. The second-order valence-electron chi connectivity index (χ2n) is 6.39. The van der Waals surface area contributed by atoms with E-state index in [2.05, 4.69) is 10.3 Å². The summed E-state index contributed by atoms with van der Waals surface area (Å²) in [5, 5.41) is 2.59. The van der Waals surface area contributed by atoms with Gasteiger partial charge < -0.3 is 14.5 Å². The summed E-state index contributed by atoms with van der Waals surface area (Å²) in [7, 11) is 0. The number of nitrogens with one attached hydrogen (secondary N) is 1. The molecule has 0 saturated carbocycles. The number of halogens is 3. The highest BCUT2D eigenvalue weighted by Crippen LogP contribution is 2.35. The summed E-state index contributed by atoms with van der Waals surface area (Å²) in [5.41, 5.74) is 1.72. The van der Waals surface area contributed by atoms with Gasteiger partial charge in [-0.2, -0.15) is 13.2 Å². The largest absolute Gasteiger partial charge is 0.483 e. The van der Waals surface area contributed by atoms with Crippen LogP contribution >= 0.6 is 0 Å². The molecule has 29 heavy (non-hydrogen) atoms. The number of nitrogens with zero attached hydrogens (tertiary/aromatic N) is 1. The van der Waals surface area contributed by atoms with Crippen LogP contribution in [0.15, 0.2) is 59.2 Å². The van der Waals surface area contributed by atoms with E-state index >= 15 is 0 Å². The smallest absolute Gasteiger partial charge is 0.419 e. The van der Waals surface area contributed by atoms with Crippen LogP contribution in [0.3, 0.4) is 0 Å². The van der Waals surface area contributed by atoms with Crippen molar-refractivity contribution in [2.24, 2.45) is 0 Å². The van der Waals surface area contributed by atoms with Crippen molar-refractivity contribution in [2.45, 2.75) is 19.5 Å². The molecule has 0 aliphatic rings. The highest BCUT2D eigenvalue weighted by Gasteiger charge is 2.34. The van der Waals surface area contributed by atoms with E-state index in [0.717, 1.165) is 17.2 Å². The number of aryl methyl sites for hydroxylation is 1. The minimum absolute atomic E-state index is 0.253. The van der Waals surface area contributed by atoms with Crippen LogP contribution in [-0.2, 0) is 17.4 Å². The van der Waals surface area contributed by atoms with E-state index < -0.39 is 24.3 Å². The maximum absolute atomic E-state index is 12.9. The van der Waals surface area contributed by atoms with Gasteiger partial charge in [-0.1, -0.05) is 29.8 Å². The van der Waals surface area contributed by atoms with Crippen molar-refractivity contribution in [2.75, 3.05) is 13.2 Å². The first kappa shape index (κ1) is 20.4. The number of amides is 1. The fourth-order valence-corrected chi connectivity index (χ4v) is 2.60. The standard InChI is InChI=1S/C21H19F3N2O3/c1-14-6-8-15(9-7-14)20-26-16(12-29-20)10-11-25-19(27)13-28-18-5-3-2-4-17(18)21(22,23)24/h2-9,12H,10-11,13H2,1H3,(H,25,27). The molecule has 0 spiro atoms. The molecule has 1 aromatic heterocycles. The molecule has 152 valence electrons. The third-order valence-electron chi connectivity index (χ3n) is 4.10. The SMILES string of the molecule is Cc1ccc(-c2nc(CCNC(=O)COc3ccccc3C(F)(F)F)co2)cc1. The average Bonchev–Trinajstić information content (AvgIpc) is 3.15. The molecular formula is C21H19F3N2O3. The number of oxazole rings is 1. The second-order valence-corrected chi connectivity index (χ2v) is 6.39. The number of carbonyl (C=O) groups excluding carboxylic acids is 1. The minimum Gasteiger partial charge on any atom is -0.483 e. The highest BCUT2D eigenvalue weighted by molar-refractivity contribution is 5.77. The molecule has 2 aromatic carbocycles. The van der Waals surface area contributed by atoms with Gasteiger partial charge in [0, 0.05) is 18.5 Å². The van der Waals surface area contributed by atoms with Crippen LogP contribution in [0, 0.1) is 6.92 Å². The molecule has 0 saturated heterocycles. The summed E-state index contributed by atoms with van der Waals surface area (Å²) in [6.07, 6.45) is -2.62. The first-order valence-corrected chi connectivity index (χ1v) is 8.90. The maximum Gasteiger partial charge on any atom is 0.419 e. The number of carbonyl (C=O) groups is 1. The van der Waals surface area contributed by atoms with E-state index in [1.807, 2.05) is 31.2 Å². The van der Waals surface area contributed by atoms with Gasteiger partial charge in [0.15, 0.2) is 6.61 Å². The number of aromatic nitrogens is 1. The number of alkyl halides is 3. The average molecular weight is 404 g/mol. The Morgan fingerprint density at radius 3 is 2.59 bits per heavy atom. The molecule has 3 aromatic rings. The van der Waals surface area contributed by atoms with Crippen LogP contribution in [-0.4, -0.2) is 24.0 Å². The summed E-state index contributed by atoms with van der Waals surface area (Å²) in [6.45, 7) is 1.72. The van der Waals surface area contributed by atoms with E-state index in [4.69, 9.17) is 9.15 Å². The van der Waals surface area contributed by atoms with Gasteiger partial charge in [-0.15, -0.1) is 0 Å². The zero-order chi connectivity index (χ0) is 20.9. The molecule has 0 unspecified atom stereocenters. The zero-order valence-corrected chi connectivity index (χ0v) is 15.6. The number of benzene rings is 2. The summed E-state index contributed by atoms with van der Waals surface area (Å²) < 4.78 is 49.2. The van der Waals surface area contributed by atoms with Gasteiger partial charge in [-0.3, -0.25) is 4.79 Å². The van der Waals surface area contributed by atoms with Gasteiger partial charge in [0.25, 0.3) is 5.91 Å². The third-order valence-corrected chi connectivity index (χ3v) is 4.10. The van der Waals surface area contributed by atoms with E-state index in [1.54, 1.807) is 0 Å². The van der Waals surface area contributed by atoms with Crippen LogP contribution in [0.5, 0.6) is 5.75 Å². The zero-order valence-electron chi connectivity index (χ0n) is 15.6. The first-order valence-electron chi connectivity index (χ1n) is 8.90. The van der Waals surface area contributed by atoms with Crippen LogP contribution in [0.25, 0.3) is 11.5 Å². The minimum atomic E-state index is -4.55. The lowest BCUT2D eigenvalue weighted by Gasteiger charge is -2.13. The van der Waals surface area contributed by atoms with Crippen molar-refractivity contribution in [1.82, 2.24) is 10.3 Å². The number of para-hydroxylation sites is 1. The third kappa shape index (κ3) is 5.60. The second kappa shape index (κ2) is 8.81. The Kier molecular flexibility index (Phi) is 6.21. The van der Waals surface area contributed by atoms with Crippen molar-refractivity contribution in [1.29, 1.82) is 0 Å². The number of rotatable bonds is 7. The van der Waals surface area contributed by atoms with Crippen LogP contribution < -0.4 is 10.1 Å². The van der Waals surface area contributed by atoms with E-state index in [1.165, 1.54) is 24.5 Å². The van der Waals surface area contributed by atoms with Gasteiger partial charge in [-0.25, -0.2) is 4.98 Å². The Labute approximate surface area is 165 Å². The molecule has 0 fully saturated rings. The Morgan fingerprint density at radius 2 is 1.86 bits per heavy atom. The molecule has 1 heterocycles. The summed E-state index contributed by atoms with van der Waals surface area (Å²) >= 11 is 0. The topological polar surface area (TPSA) is 64.4 Å². The van der Waals surface area contributed by atoms with Crippen LogP contribution in [0.1, 0.15) is 16.8 Å². The maximum atomic E-state index is 12.9. The molecular weight excluding hydrogens is 385 g/mol. The Hall–Kier alpha value is -3.29. The lowest BCUT2D eigenvalue weighted by Crippen LogP contribution is -2.31. The Balaban J connectivity index is 1.47. The van der Waals surface area contributed by atoms with Gasteiger partial charge in [0.05, 0.1) is 11.3 Å². The Morgan fingerprint density at radius 1 is 1.14 bits per heavy atom. The monoisotopic (exact) mass is 404 g/mol. The van der Waals surface area contributed by atoms with E-state index in [0.29, 0.717) is 18.0 Å². The fourth-order valence-electron chi connectivity index (χ4n) is 2.60. The van der Waals surface area contributed by atoms with Crippen molar-refractivity contribution < 1.29 is 27.1 Å². The molecule has 0 bridgehead atoms. The Bertz CT molecular complexity index is 966. The quantitative estimate of drug-likeness (QED) is 0.634. The summed E-state index contributed by atoms with van der Waals surface area (Å²) in [4.78, 5) is 16.2. The molecule has 3 rings (SSSR count). The number of ether oxygens (including phenoxy) is 1. The highest BCUT2D eigenvalue weighted by atomic mass is 19.4. The predicted octanol–water partition coefficient (Wildman–Crippen LogP) is 4.41. The predicted molar refractivity (Wildman–Crippen MR) is 100 cm³/mol. The summed E-state index contributed by atoms with van der Waals surface area (Å²) in [5.74, 6) is -0.419. The normalized spacial score (nSPS) is 11.3. The van der Waals surface area contributed by atoms with Crippen LogP contribution in [0.2, 0.25) is 0 Å². The van der Waals surface area contributed by atoms with Crippen molar-refractivity contribution in [3.63, 3.8) is 0 Å². The van der Waals surface area contributed by atoms with Gasteiger partial charge >= 0.3 is 6.18 Å². The molecule has 0 aliphatic carbocycles. The number of hydrogen-bond donors (Lipinski definition) is 1. The van der Waals surface area contributed by atoms with Crippen LogP contribution in [0.4, 0.5) is 13.2 Å². The lowest BCUT2D eigenvalue weighted by atomic mass is 10.1. The lowest BCUT2D eigenvalue weighted by molar-refractivity contribution is -0.139. The van der Waals surface area contributed by atoms with Crippen molar-refractivity contribution >= 4 is 5.91 Å². The summed E-state index contributed by atoms with van der Waals surface area (Å²) in [6, 6.07) is 12.5. The molecule has 5 nitrogen and oxygen atoms in total. The van der Waals surface area contributed by atoms with Gasteiger partial charge in [0.2, 0.25) is 5.89 Å².